The van der Waals surface area contributed by atoms with Gasteiger partial charge in [-0.15, -0.1) is 0 Å². The Kier molecular flexibility index (Phi) is 5.80. The van der Waals surface area contributed by atoms with E-state index in [9.17, 15) is 13.2 Å². The lowest BCUT2D eigenvalue weighted by Gasteiger charge is -2.13. The molecule has 0 spiro atoms. The van der Waals surface area contributed by atoms with Crippen LogP contribution in [0.3, 0.4) is 0 Å². The third kappa shape index (κ3) is 4.55. The monoisotopic (exact) mass is 394 g/mol. The summed E-state index contributed by atoms with van der Waals surface area (Å²) in [4.78, 5) is 12.3. The van der Waals surface area contributed by atoms with E-state index in [-0.39, 0.29) is 27.6 Å². The van der Waals surface area contributed by atoms with Gasteiger partial charge in [0.05, 0.1) is 21.7 Å². The Balaban J connectivity index is 1.68. The second kappa shape index (κ2) is 8.07. The quantitative estimate of drug-likeness (QED) is 0.788. The first-order chi connectivity index (χ1) is 12.5. The lowest BCUT2D eigenvalue weighted by Crippen LogP contribution is -2.31. The molecule has 2 aromatic carbocycles. The van der Waals surface area contributed by atoms with Crippen LogP contribution in [0.5, 0.6) is 0 Å². The molecule has 26 heavy (non-hydrogen) atoms. The van der Waals surface area contributed by atoms with Crippen molar-refractivity contribution >= 4 is 33.2 Å². The molecule has 1 aliphatic heterocycles. The third-order valence-electron chi connectivity index (χ3n) is 4.04. The molecule has 1 unspecified atom stereocenters. The number of hydrogen-bond donors (Lipinski definition) is 2. The van der Waals surface area contributed by atoms with Crippen molar-refractivity contribution < 1.29 is 17.9 Å². The fourth-order valence-electron chi connectivity index (χ4n) is 2.66. The van der Waals surface area contributed by atoms with E-state index in [0.717, 1.165) is 19.4 Å². The summed E-state index contributed by atoms with van der Waals surface area (Å²) in [6.45, 7) is 1.17. The number of ether oxygens (including phenoxy) is 1. The van der Waals surface area contributed by atoms with Crippen molar-refractivity contribution in [3.63, 3.8) is 0 Å². The van der Waals surface area contributed by atoms with Crippen LogP contribution in [0, 0.1) is 0 Å². The number of rotatable bonds is 6. The lowest BCUT2D eigenvalue weighted by molar-refractivity contribution is 0.0858. The standard InChI is InChI=1S/C18H19ClN2O4S/c19-16-11-13(18(22)20-12-14-5-4-10-25-14)8-9-17(16)21-26(23,24)15-6-2-1-3-7-15/h1-3,6-9,11,14,21H,4-5,10,12H2,(H,20,22). The van der Waals surface area contributed by atoms with Gasteiger partial charge in [0.25, 0.3) is 15.9 Å². The SMILES string of the molecule is O=C(NCC1CCCO1)c1ccc(NS(=O)(=O)c2ccccc2)c(Cl)c1. The van der Waals surface area contributed by atoms with Crippen LogP contribution in [0.4, 0.5) is 5.69 Å². The van der Waals surface area contributed by atoms with Gasteiger partial charge in [-0.25, -0.2) is 8.42 Å². The normalized spacial score (nSPS) is 17.0. The zero-order chi connectivity index (χ0) is 18.6. The smallest absolute Gasteiger partial charge is 0.261 e. The fourth-order valence-corrected chi connectivity index (χ4v) is 4.04. The Labute approximate surface area is 157 Å². The Morgan fingerprint density at radius 1 is 1.19 bits per heavy atom. The Morgan fingerprint density at radius 3 is 2.62 bits per heavy atom. The summed E-state index contributed by atoms with van der Waals surface area (Å²) < 4.78 is 32.6. The minimum absolute atomic E-state index is 0.0476. The highest BCUT2D eigenvalue weighted by atomic mass is 35.5. The second-order valence-corrected chi connectivity index (χ2v) is 8.05. The lowest BCUT2D eigenvalue weighted by atomic mass is 10.2. The van der Waals surface area contributed by atoms with E-state index in [2.05, 4.69) is 10.0 Å². The van der Waals surface area contributed by atoms with Crippen LogP contribution in [-0.4, -0.2) is 33.6 Å². The van der Waals surface area contributed by atoms with Gasteiger partial charge in [0.1, 0.15) is 0 Å². The largest absolute Gasteiger partial charge is 0.376 e. The first kappa shape index (κ1) is 18.7. The number of benzene rings is 2. The highest BCUT2D eigenvalue weighted by Crippen LogP contribution is 2.26. The summed E-state index contributed by atoms with van der Waals surface area (Å²) in [5, 5.41) is 2.95. The third-order valence-corrected chi connectivity index (χ3v) is 5.74. The molecule has 0 aliphatic carbocycles. The number of carbonyl (C=O) groups excluding carboxylic acids is 1. The van der Waals surface area contributed by atoms with Crippen molar-refractivity contribution in [2.45, 2.75) is 23.8 Å². The van der Waals surface area contributed by atoms with Gasteiger partial charge in [-0.2, -0.15) is 0 Å². The molecule has 0 radical (unpaired) electrons. The van der Waals surface area contributed by atoms with Crippen LogP contribution < -0.4 is 10.0 Å². The van der Waals surface area contributed by atoms with Crippen molar-refractivity contribution in [1.29, 1.82) is 0 Å². The number of carbonyl (C=O) groups is 1. The summed E-state index contributed by atoms with van der Waals surface area (Å²) in [5.41, 5.74) is 0.571. The van der Waals surface area contributed by atoms with E-state index in [1.54, 1.807) is 18.2 Å². The molecule has 0 aromatic heterocycles. The van der Waals surface area contributed by atoms with E-state index in [1.165, 1.54) is 30.3 Å². The van der Waals surface area contributed by atoms with Gasteiger partial charge >= 0.3 is 0 Å². The molecule has 6 nitrogen and oxygen atoms in total. The van der Waals surface area contributed by atoms with Gasteiger partial charge in [0, 0.05) is 18.7 Å². The molecule has 1 amide bonds. The zero-order valence-electron chi connectivity index (χ0n) is 13.9. The van der Waals surface area contributed by atoms with Crippen molar-refractivity contribution in [2.75, 3.05) is 17.9 Å². The minimum Gasteiger partial charge on any atom is -0.376 e. The number of halogens is 1. The number of hydrogen-bond acceptors (Lipinski definition) is 4. The minimum atomic E-state index is -3.74. The molecule has 8 heteroatoms. The van der Waals surface area contributed by atoms with E-state index in [1.807, 2.05) is 0 Å². The van der Waals surface area contributed by atoms with Crippen molar-refractivity contribution in [2.24, 2.45) is 0 Å². The van der Waals surface area contributed by atoms with Crippen LogP contribution >= 0.6 is 11.6 Å². The zero-order valence-corrected chi connectivity index (χ0v) is 15.5. The molecule has 1 aliphatic rings. The average Bonchev–Trinajstić information content (AvgIpc) is 3.15. The van der Waals surface area contributed by atoms with Crippen LogP contribution in [0.2, 0.25) is 5.02 Å². The van der Waals surface area contributed by atoms with Crippen LogP contribution in [0.15, 0.2) is 53.4 Å². The Hall–Kier alpha value is -2.09. The topological polar surface area (TPSA) is 84.5 Å². The maximum absolute atomic E-state index is 12.4. The first-order valence-electron chi connectivity index (χ1n) is 8.23. The van der Waals surface area contributed by atoms with Gasteiger partial charge in [0.15, 0.2) is 0 Å². The van der Waals surface area contributed by atoms with E-state index in [4.69, 9.17) is 16.3 Å². The highest BCUT2D eigenvalue weighted by Gasteiger charge is 2.18. The predicted molar refractivity (Wildman–Crippen MR) is 100 cm³/mol. The molecule has 1 fully saturated rings. The Morgan fingerprint density at radius 2 is 1.96 bits per heavy atom. The summed E-state index contributed by atoms with van der Waals surface area (Å²) in [6, 6.07) is 12.4. The van der Waals surface area contributed by atoms with E-state index in [0.29, 0.717) is 12.1 Å². The van der Waals surface area contributed by atoms with Crippen LogP contribution in [0.25, 0.3) is 0 Å². The molecule has 2 aromatic rings. The predicted octanol–water partition coefficient (Wildman–Crippen LogP) is 3.05. The molecule has 1 atom stereocenters. The van der Waals surface area contributed by atoms with Crippen molar-refractivity contribution in [1.82, 2.24) is 5.32 Å². The molecule has 1 heterocycles. The van der Waals surface area contributed by atoms with Gasteiger partial charge in [-0.3, -0.25) is 9.52 Å². The summed E-state index contributed by atoms with van der Waals surface area (Å²) in [7, 11) is -3.74. The fraction of sp³-hybridized carbons (Fsp3) is 0.278. The summed E-state index contributed by atoms with van der Waals surface area (Å²) in [5.74, 6) is -0.278. The van der Waals surface area contributed by atoms with Crippen LogP contribution in [0.1, 0.15) is 23.2 Å². The van der Waals surface area contributed by atoms with Crippen molar-refractivity contribution in [3.05, 3.63) is 59.1 Å². The number of amides is 1. The molecule has 2 N–H and O–H groups in total. The second-order valence-electron chi connectivity index (χ2n) is 5.96. The van der Waals surface area contributed by atoms with E-state index >= 15 is 0 Å². The average molecular weight is 395 g/mol. The van der Waals surface area contributed by atoms with Crippen molar-refractivity contribution in [3.8, 4) is 0 Å². The molecule has 3 rings (SSSR count). The first-order valence-corrected chi connectivity index (χ1v) is 10.1. The number of sulfonamides is 1. The van der Waals surface area contributed by atoms with Gasteiger partial charge in [0.2, 0.25) is 0 Å². The molecular formula is C18H19ClN2O4S. The van der Waals surface area contributed by atoms with Crippen LogP contribution in [-0.2, 0) is 14.8 Å². The van der Waals surface area contributed by atoms with E-state index < -0.39 is 10.0 Å². The molecule has 1 saturated heterocycles. The molecule has 138 valence electrons. The maximum Gasteiger partial charge on any atom is 0.261 e. The molecule has 0 saturated carbocycles. The van der Waals surface area contributed by atoms with Gasteiger partial charge < -0.3 is 10.1 Å². The Bertz CT molecular complexity index is 881. The molecular weight excluding hydrogens is 376 g/mol. The highest BCUT2D eigenvalue weighted by molar-refractivity contribution is 7.92. The number of anilines is 1. The maximum atomic E-state index is 12.4. The summed E-state index contributed by atoms with van der Waals surface area (Å²) >= 11 is 6.16. The summed E-state index contributed by atoms with van der Waals surface area (Å²) in [6.07, 6.45) is 1.98. The van der Waals surface area contributed by atoms with Gasteiger partial charge in [-0.05, 0) is 43.2 Å². The van der Waals surface area contributed by atoms with Gasteiger partial charge in [-0.1, -0.05) is 29.8 Å². The molecule has 0 bridgehead atoms. The number of nitrogens with one attached hydrogen (secondary N) is 2.